The van der Waals surface area contributed by atoms with Crippen LogP contribution in [-0.2, 0) is 9.53 Å². The van der Waals surface area contributed by atoms with E-state index >= 15 is 0 Å². The number of anilines is 1. The number of hydrogen-bond donors (Lipinski definition) is 1. The molecule has 0 radical (unpaired) electrons. The number of methoxy groups -OCH3 is 1. The number of rotatable bonds is 5. The molecule has 2 atom stereocenters. The first-order valence-corrected chi connectivity index (χ1v) is 8.61. The molecule has 24 heavy (non-hydrogen) atoms. The summed E-state index contributed by atoms with van der Waals surface area (Å²) in [6.07, 6.45) is 0.161. The fraction of sp³-hybridized carbons (Fsp3) is 0.278. The Bertz CT molecular complexity index is 775. The third kappa shape index (κ3) is 3.07. The van der Waals surface area contributed by atoms with Crippen LogP contribution < -0.4 is 14.8 Å². The molecule has 2 aromatic rings. The third-order valence-corrected chi connectivity index (χ3v) is 5.27. The Hall–Kier alpha value is -2.18. The Balaban J connectivity index is 1.67. The molecule has 0 aliphatic carbocycles. The molecular formula is C18H17NO4S. The SMILES string of the molecule is COc1ccc(OCC2CO2)c(C2Sc3ccccc3NC2=O)c1. The molecule has 2 unspecified atom stereocenters. The van der Waals surface area contributed by atoms with Crippen LogP contribution in [-0.4, -0.2) is 32.3 Å². The summed E-state index contributed by atoms with van der Waals surface area (Å²) in [5, 5.41) is 2.59. The molecule has 1 fully saturated rings. The minimum absolute atomic E-state index is 0.0560. The molecular weight excluding hydrogens is 326 g/mol. The number of thioether (sulfide) groups is 1. The first kappa shape index (κ1) is 15.4. The summed E-state index contributed by atoms with van der Waals surface area (Å²) in [7, 11) is 1.61. The average molecular weight is 343 g/mol. The molecule has 0 saturated carbocycles. The van der Waals surface area contributed by atoms with Crippen LogP contribution in [0, 0.1) is 0 Å². The van der Waals surface area contributed by atoms with Gasteiger partial charge in [0.1, 0.15) is 29.5 Å². The Morgan fingerprint density at radius 1 is 1.29 bits per heavy atom. The lowest BCUT2D eigenvalue weighted by Crippen LogP contribution is -2.23. The highest BCUT2D eigenvalue weighted by atomic mass is 32.2. The van der Waals surface area contributed by atoms with Crippen LogP contribution >= 0.6 is 11.8 Å². The van der Waals surface area contributed by atoms with Crippen molar-refractivity contribution >= 4 is 23.4 Å². The van der Waals surface area contributed by atoms with Crippen LogP contribution in [0.2, 0.25) is 0 Å². The molecule has 2 aliphatic heterocycles. The Morgan fingerprint density at radius 2 is 2.12 bits per heavy atom. The van der Waals surface area contributed by atoms with Gasteiger partial charge in [-0.1, -0.05) is 12.1 Å². The highest BCUT2D eigenvalue weighted by molar-refractivity contribution is 8.00. The van der Waals surface area contributed by atoms with Crippen molar-refractivity contribution in [2.24, 2.45) is 0 Å². The Morgan fingerprint density at radius 3 is 2.92 bits per heavy atom. The number of para-hydroxylation sites is 1. The lowest BCUT2D eigenvalue weighted by Gasteiger charge is -2.26. The van der Waals surface area contributed by atoms with Crippen LogP contribution in [0.1, 0.15) is 10.8 Å². The van der Waals surface area contributed by atoms with Crippen molar-refractivity contribution in [1.82, 2.24) is 0 Å². The number of epoxide rings is 1. The van der Waals surface area contributed by atoms with Gasteiger partial charge in [-0.15, -0.1) is 11.8 Å². The molecule has 0 bridgehead atoms. The summed E-state index contributed by atoms with van der Waals surface area (Å²) >= 11 is 1.52. The first-order valence-electron chi connectivity index (χ1n) is 7.73. The molecule has 2 aromatic carbocycles. The standard InChI is InChI=1S/C18H17NO4S/c1-21-11-6-7-15(23-10-12-9-22-12)13(8-11)17-18(20)19-14-4-2-3-5-16(14)24-17/h2-8,12,17H,9-10H2,1H3,(H,19,20). The van der Waals surface area contributed by atoms with Gasteiger partial charge in [0, 0.05) is 10.5 Å². The van der Waals surface area contributed by atoms with Gasteiger partial charge in [-0.05, 0) is 30.3 Å². The number of amides is 1. The zero-order valence-electron chi connectivity index (χ0n) is 13.2. The van der Waals surface area contributed by atoms with Gasteiger partial charge in [-0.2, -0.15) is 0 Å². The zero-order chi connectivity index (χ0) is 16.5. The minimum atomic E-state index is -0.384. The van der Waals surface area contributed by atoms with Gasteiger partial charge >= 0.3 is 0 Å². The maximum Gasteiger partial charge on any atom is 0.242 e. The fourth-order valence-corrected chi connectivity index (χ4v) is 3.73. The van der Waals surface area contributed by atoms with Crippen molar-refractivity contribution in [3.63, 3.8) is 0 Å². The summed E-state index contributed by atoms with van der Waals surface area (Å²) in [6, 6.07) is 13.4. The molecule has 6 heteroatoms. The van der Waals surface area contributed by atoms with Crippen LogP contribution in [0.3, 0.4) is 0 Å². The Kier molecular flexibility index (Phi) is 4.08. The number of carbonyl (C=O) groups is 1. The minimum Gasteiger partial charge on any atom is -0.497 e. The van der Waals surface area contributed by atoms with Gasteiger partial charge in [0.2, 0.25) is 5.91 Å². The summed E-state index contributed by atoms with van der Waals surface area (Å²) in [5.41, 5.74) is 1.66. The summed E-state index contributed by atoms with van der Waals surface area (Å²) in [4.78, 5) is 13.6. The molecule has 4 rings (SSSR count). The number of carbonyl (C=O) groups excluding carboxylic acids is 1. The predicted octanol–water partition coefficient (Wildman–Crippen LogP) is 3.26. The highest BCUT2D eigenvalue weighted by Gasteiger charge is 2.32. The van der Waals surface area contributed by atoms with E-state index in [0.717, 1.165) is 22.8 Å². The van der Waals surface area contributed by atoms with E-state index < -0.39 is 0 Å². The molecule has 1 N–H and O–H groups in total. The topological polar surface area (TPSA) is 60.1 Å². The average Bonchev–Trinajstić information content (AvgIpc) is 3.43. The normalized spacial score (nSPS) is 21.6. The maximum atomic E-state index is 12.6. The van der Waals surface area contributed by atoms with Crippen molar-refractivity contribution in [2.75, 3.05) is 25.6 Å². The number of fused-ring (bicyclic) bond motifs is 1. The second-order valence-corrected chi connectivity index (χ2v) is 6.80. The van der Waals surface area contributed by atoms with Crippen LogP contribution in [0.15, 0.2) is 47.4 Å². The van der Waals surface area contributed by atoms with Crippen molar-refractivity contribution in [3.8, 4) is 11.5 Å². The maximum absolute atomic E-state index is 12.6. The second-order valence-electron chi connectivity index (χ2n) is 5.65. The van der Waals surface area contributed by atoms with Gasteiger partial charge in [0.05, 0.1) is 19.4 Å². The lowest BCUT2D eigenvalue weighted by molar-refractivity contribution is -0.115. The molecule has 2 aliphatic rings. The van der Waals surface area contributed by atoms with Crippen LogP contribution in [0.4, 0.5) is 5.69 Å². The summed E-state index contributed by atoms with van der Waals surface area (Å²) < 4.78 is 16.4. The Labute approximate surface area is 144 Å². The van der Waals surface area contributed by atoms with Gasteiger partial charge in [-0.25, -0.2) is 0 Å². The number of nitrogens with one attached hydrogen (secondary N) is 1. The van der Waals surface area contributed by atoms with Gasteiger partial charge < -0.3 is 19.5 Å². The third-order valence-electron chi connectivity index (χ3n) is 3.95. The van der Waals surface area contributed by atoms with E-state index in [1.54, 1.807) is 7.11 Å². The second kappa shape index (κ2) is 6.37. The summed E-state index contributed by atoms with van der Waals surface area (Å²) in [5.74, 6) is 1.34. The highest BCUT2D eigenvalue weighted by Crippen LogP contribution is 2.46. The van der Waals surface area contributed by atoms with E-state index in [0.29, 0.717) is 18.1 Å². The van der Waals surface area contributed by atoms with E-state index in [9.17, 15) is 4.79 Å². The van der Waals surface area contributed by atoms with Crippen LogP contribution in [0.5, 0.6) is 11.5 Å². The van der Waals surface area contributed by atoms with E-state index in [1.807, 2.05) is 42.5 Å². The van der Waals surface area contributed by atoms with E-state index in [2.05, 4.69) is 5.32 Å². The number of benzene rings is 2. The molecule has 124 valence electrons. The molecule has 1 saturated heterocycles. The van der Waals surface area contributed by atoms with Crippen molar-refractivity contribution in [3.05, 3.63) is 48.0 Å². The molecule has 2 heterocycles. The fourth-order valence-electron chi connectivity index (χ4n) is 2.59. The molecule has 0 aromatic heterocycles. The van der Waals surface area contributed by atoms with Gasteiger partial charge in [0.25, 0.3) is 0 Å². The molecule has 1 amide bonds. The quantitative estimate of drug-likeness (QED) is 0.845. The first-order chi connectivity index (χ1) is 11.7. The van der Waals surface area contributed by atoms with Crippen molar-refractivity contribution < 1.29 is 19.0 Å². The molecule has 5 nitrogen and oxygen atoms in total. The lowest BCUT2D eigenvalue weighted by atomic mass is 10.1. The van der Waals surface area contributed by atoms with E-state index in [4.69, 9.17) is 14.2 Å². The van der Waals surface area contributed by atoms with E-state index in [-0.39, 0.29) is 17.3 Å². The van der Waals surface area contributed by atoms with E-state index in [1.165, 1.54) is 11.8 Å². The number of ether oxygens (including phenoxy) is 3. The molecule has 0 spiro atoms. The van der Waals surface area contributed by atoms with Crippen molar-refractivity contribution in [2.45, 2.75) is 16.2 Å². The summed E-state index contributed by atoms with van der Waals surface area (Å²) in [6.45, 7) is 1.23. The zero-order valence-corrected chi connectivity index (χ0v) is 14.0. The predicted molar refractivity (Wildman–Crippen MR) is 91.9 cm³/mol. The van der Waals surface area contributed by atoms with Crippen LogP contribution in [0.25, 0.3) is 0 Å². The monoisotopic (exact) mass is 343 g/mol. The largest absolute Gasteiger partial charge is 0.497 e. The smallest absolute Gasteiger partial charge is 0.242 e. The van der Waals surface area contributed by atoms with Gasteiger partial charge in [-0.3, -0.25) is 4.79 Å². The number of hydrogen-bond acceptors (Lipinski definition) is 5. The van der Waals surface area contributed by atoms with Gasteiger partial charge in [0.15, 0.2) is 0 Å². The van der Waals surface area contributed by atoms with Crippen molar-refractivity contribution in [1.29, 1.82) is 0 Å².